The van der Waals surface area contributed by atoms with Crippen LogP contribution in [0.4, 0.5) is 0 Å². The van der Waals surface area contributed by atoms with Gasteiger partial charge in [-0.2, -0.15) is 4.31 Å². The Labute approximate surface area is 163 Å². The molecule has 0 bridgehead atoms. The van der Waals surface area contributed by atoms with Gasteiger partial charge in [-0.05, 0) is 29.7 Å². The molecule has 0 amide bonds. The number of nitrogens with zero attached hydrogens (tertiary/aromatic N) is 2. The van der Waals surface area contributed by atoms with E-state index in [1.165, 1.54) is 11.1 Å². The summed E-state index contributed by atoms with van der Waals surface area (Å²) in [5.74, 6) is 0. The van der Waals surface area contributed by atoms with E-state index in [0.717, 1.165) is 32.5 Å². The Kier molecular flexibility index (Phi) is 6.83. The van der Waals surface area contributed by atoms with Crippen molar-refractivity contribution in [2.24, 2.45) is 0 Å². The van der Waals surface area contributed by atoms with Crippen LogP contribution in [0.3, 0.4) is 0 Å². The van der Waals surface area contributed by atoms with Crippen molar-refractivity contribution in [1.82, 2.24) is 9.21 Å². The van der Waals surface area contributed by atoms with Crippen molar-refractivity contribution < 1.29 is 8.42 Å². The summed E-state index contributed by atoms with van der Waals surface area (Å²) < 4.78 is 27.3. The van der Waals surface area contributed by atoms with E-state index in [0.29, 0.717) is 18.0 Å². The summed E-state index contributed by atoms with van der Waals surface area (Å²) in [5, 5.41) is 0. The van der Waals surface area contributed by atoms with Crippen molar-refractivity contribution in [1.29, 1.82) is 0 Å². The summed E-state index contributed by atoms with van der Waals surface area (Å²) in [5.41, 5.74) is 2.37. The molecule has 1 saturated heterocycles. The van der Waals surface area contributed by atoms with E-state index in [4.69, 9.17) is 0 Å². The highest BCUT2D eigenvalue weighted by molar-refractivity contribution is 7.89. The number of sulfonamides is 1. The first-order chi connectivity index (χ1) is 13.1. The molecule has 1 heterocycles. The Morgan fingerprint density at radius 2 is 1.59 bits per heavy atom. The molecule has 0 N–H and O–H groups in total. The Morgan fingerprint density at radius 1 is 0.926 bits per heavy atom. The quantitative estimate of drug-likeness (QED) is 0.731. The van der Waals surface area contributed by atoms with Crippen LogP contribution in [0.15, 0.2) is 65.6 Å². The number of hydrogen-bond donors (Lipinski definition) is 0. The van der Waals surface area contributed by atoms with Gasteiger partial charge in [0.25, 0.3) is 0 Å². The van der Waals surface area contributed by atoms with Crippen LogP contribution in [0.5, 0.6) is 0 Å². The highest BCUT2D eigenvalue weighted by Gasteiger charge is 2.27. The molecule has 0 atom stereocenters. The zero-order chi connectivity index (χ0) is 19.1. The highest BCUT2D eigenvalue weighted by atomic mass is 32.2. The lowest BCUT2D eigenvalue weighted by molar-refractivity contribution is 0.204. The Morgan fingerprint density at radius 3 is 2.22 bits per heavy atom. The molecule has 0 spiro atoms. The van der Waals surface area contributed by atoms with Crippen molar-refractivity contribution in [2.75, 3.05) is 32.7 Å². The van der Waals surface area contributed by atoms with Crippen LogP contribution in [-0.4, -0.2) is 50.3 Å². The molecule has 1 aliphatic rings. The van der Waals surface area contributed by atoms with Crippen molar-refractivity contribution in [2.45, 2.75) is 24.7 Å². The summed E-state index contributed by atoms with van der Waals surface area (Å²) in [7, 11) is -3.39. The lowest BCUT2D eigenvalue weighted by atomic mass is 10.1. The van der Waals surface area contributed by atoms with Gasteiger partial charge in [-0.3, -0.25) is 4.90 Å². The van der Waals surface area contributed by atoms with E-state index in [1.54, 1.807) is 16.4 Å². The maximum Gasteiger partial charge on any atom is 0.243 e. The van der Waals surface area contributed by atoms with Gasteiger partial charge in [0, 0.05) is 32.7 Å². The first-order valence-corrected chi connectivity index (χ1v) is 11.1. The lowest BCUT2D eigenvalue weighted by Crippen LogP contribution is -2.48. The Hall–Kier alpha value is -1.95. The summed E-state index contributed by atoms with van der Waals surface area (Å²) in [6.45, 7) is 5.56. The Balaban J connectivity index is 1.54. The average molecular weight is 385 g/mol. The molecule has 0 unspecified atom stereocenters. The SMILES string of the molecule is CCCc1ccc(S(=O)(=O)N2CCN(CC=Cc3ccccc3)CC2)cc1. The van der Waals surface area contributed by atoms with E-state index in [2.05, 4.69) is 36.1 Å². The third kappa shape index (κ3) is 5.28. The van der Waals surface area contributed by atoms with Gasteiger partial charge in [-0.25, -0.2) is 8.42 Å². The molecule has 4 nitrogen and oxygen atoms in total. The van der Waals surface area contributed by atoms with Gasteiger partial charge in [0.05, 0.1) is 4.90 Å². The van der Waals surface area contributed by atoms with E-state index < -0.39 is 10.0 Å². The smallest absolute Gasteiger partial charge is 0.243 e. The molecule has 1 fully saturated rings. The third-order valence-corrected chi connectivity index (χ3v) is 6.82. The zero-order valence-corrected chi connectivity index (χ0v) is 16.7. The molecular formula is C22H28N2O2S. The van der Waals surface area contributed by atoms with Crippen LogP contribution in [0.2, 0.25) is 0 Å². The molecule has 27 heavy (non-hydrogen) atoms. The van der Waals surface area contributed by atoms with E-state index >= 15 is 0 Å². The van der Waals surface area contributed by atoms with Gasteiger partial charge in [-0.1, -0.05) is 68.0 Å². The number of benzene rings is 2. The normalized spacial score (nSPS) is 16.8. The summed E-state index contributed by atoms with van der Waals surface area (Å²) >= 11 is 0. The monoisotopic (exact) mass is 384 g/mol. The summed E-state index contributed by atoms with van der Waals surface area (Å²) in [4.78, 5) is 2.69. The van der Waals surface area contributed by atoms with Gasteiger partial charge in [0.1, 0.15) is 0 Å². The number of piperazine rings is 1. The minimum Gasteiger partial charge on any atom is -0.297 e. The summed E-state index contributed by atoms with van der Waals surface area (Å²) in [6.07, 6.45) is 6.30. The molecule has 1 aliphatic heterocycles. The Bertz CT molecular complexity index is 838. The minimum absolute atomic E-state index is 0.403. The lowest BCUT2D eigenvalue weighted by Gasteiger charge is -2.33. The number of aryl methyl sites for hydroxylation is 1. The van der Waals surface area contributed by atoms with Crippen molar-refractivity contribution in [3.63, 3.8) is 0 Å². The zero-order valence-electron chi connectivity index (χ0n) is 15.9. The predicted octanol–water partition coefficient (Wildman–Crippen LogP) is 3.66. The molecule has 3 rings (SSSR count). The molecular weight excluding hydrogens is 356 g/mol. The van der Waals surface area contributed by atoms with Gasteiger partial charge in [-0.15, -0.1) is 0 Å². The second-order valence-electron chi connectivity index (χ2n) is 6.91. The molecule has 5 heteroatoms. The van der Waals surface area contributed by atoms with Crippen LogP contribution in [0.25, 0.3) is 6.08 Å². The van der Waals surface area contributed by atoms with Crippen LogP contribution in [-0.2, 0) is 16.4 Å². The van der Waals surface area contributed by atoms with Crippen molar-refractivity contribution >= 4 is 16.1 Å². The fraction of sp³-hybridized carbons (Fsp3) is 0.364. The molecule has 2 aromatic rings. The number of hydrogen-bond acceptors (Lipinski definition) is 3. The predicted molar refractivity (Wildman–Crippen MR) is 111 cm³/mol. The average Bonchev–Trinajstić information content (AvgIpc) is 2.70. The maximum absolute atomic E-state index is 12.9. The summed E-state index contributed by atoms with van der Waals surface area (Å²) in [6, 6.07) is 17.6. The molecule has 144 valence electrons. The van der Waals surface area contributed by atoms with Crippen LogP contribution < -0.4 is 0 Å². The molecule has 0 aliphatic carbocycles. The fourth-order valence-electron chi connectivity index (χ4n) is 3.32. The second-order valence-corrected chi connectivity index (χ2v) is 8.85. The first kappa shape index (κ1) is 19.8. The second kappa shape index (κ2) is 9.31. The first-order valence-electron chi connectivity index (χ1n) is 9.62. The maximum atomic E-state index is 12.9. The largest absolute Gasteiger partial charge is 0.297 e. The van der Waals surface area contributed by atoms with Crippen molar-refractivity contribution in [3.8, 4) is 0 Å². The fourth-order valence-corrected chi connectivity index (χ4v) is 4.74. The number of rotatable bonds is 7. The van der Waals surface area contributed by atoms with Gasteiger partial charge < -0.3 is 0 Å². The van der Waals surface area contributed by atoms with E-state index in [1.807, 2.05) is 30.3 Å². The molecule has 0 radical (unpaired) electrons. The molecule has 0 saturated carbocycles. The van der Waals surface area contributed by atoms with Gasteiger partial charge in [0.15, 0.2) is 0 Å². The third-order valence-electron chi connectivity index (χ3n) is 4.90. The molecule has 0 aromatic heterocycles. The topological polar surface area (TPSA) is 40.6 Å². The van der Waals surface area contributed by atoms with Crippen LogP contribution >= 0.6 is 0 Å². The molecule has 2 aromatic carbocycles. The van der Waals surface area contributed by atoms with Gasteiger partial charge in [0.2, 0.25) is 10.0 Å². The van der Waals surface area contributed by atoms with Gasteiger partial charge >= 0.3 is 0 Å². The van der Waals surface area contributed by atoms with E-state index in [-0.39, 0.29) is 0 Å². The standard InChI is InChI=1S/C22H28N2O2S/c1-2-7-20-11-13-22(14-12-20)27(25,26)24-18-16-23(17-19-24)15-6-10-21-8-4-3-5-9-21/h3-6,8-14H,2,7,15-19H2,1H3. The van der Waals surface area contributed by atoms with E-state index in [9.17, 15) is 8.42 Å². The highest BCUT2D eigenvalue weighted by Crippen LogP contribution is 2.19. The van der Waals surface area contributed by atoms with Crippen LogP contribution in [0, 0.1) is 0 Å². The minimum atomic E-state index is -3.39. The van der Waals surface area contributed by atoms with Crippen LogP contribution in [0.1, 0.15) is 24.5 Å². The van der Waals surface area contributed by atoms with Crippen molar-refractivity contribution in [3.05, 3.63) is 71.8 Å².